The molecule has 2 aliphatic heterocycles. The van der Waals surface area contributed by atoms with Crippen LogP contribution in [-0.4, -0.2) is 52.4 Å². The van der Waals surface area contributed by atoms with Crippen LogP contribution in [0.25, 0.3) is 0 Å². The van der Waals surface area contributed by atoms with E-state index in [1.807, 2.05) is 24.3 Å². The Bertz CT molecular complexity index is 840. The lowest BCUT2D eigenvalue weighted by Gasteiger charge is -2.45. The van der Waals surface area contributed by atoms with E-state index in [1.165, 1.54) is 4.90 Å². The lowest BCUT2D eigenvalue weighted by Crippen LogP contribution is -2.56. The molecule has 1 aliphatic carbocycles. The Hall–Kier alpha value is -1.88. The highest BCUT2D eigenvalue weighted by Gasteiger charge is 2.40. The van der Waals surface area contributed by atoms with Crippen molar-refractivity contribution in [3.05, 3.63) is 35.4 Å². The largest absolute Gasteiger partial charge is 0.393 e. The Morgan fingerprint density at radius 3 is 2.83 bits per heavy atom. The van der Waals surface area contributed by atoms with Crippen LogP contribution in [0.1, 0.15) is 49.6 Å². The number of amides is 2. The zero-order valence-corrected chi connectivity index (χ0v) is 13.4. The summed E-state index contributed by atoms with van der Waals surface area (Å²) in [5.41, 5.74) is 2.14. The zero-order valence-electron chi connectivity index (χ0n) is 18.4. The second kappa shape index (κ2) is 6.20. The van der Waals surface area contributed by atoms with E-state index < -0.39 is 43.5 Å². The van der Waals surface area contributed by atoms with Crippen molar-refractivity contribution in [1.82, 2.24) is 9.80 Å². The molecular formula is C19H24N2O3. The summed E-state index contributed by atoms with van der Waals surface area (Å²) in [6.07, 6.45) is -8.26. The summed E-state index contributed by atoms with van der Waals surface area (Å²) in [5, 5.41) is 10.1. The smallest absolute Gasteiger partial charge is 0.242 e. The normalized spacial score (nSPS) is 40.2. The molecule has 2 amide bonds. The van der Waals surface area contributed by atoms with Crippen molar-refractivity contribution in [1.29, 1.82) is 0 Å². The van der Waals surface area contributed by atoms with E-state index in [0.717, 1.165) is 17.5 Å². The maximum absolute atomic E-state index is 13.2. The van der Waals surface area contributed by atoms with Gasteiger partial charge < -0.3 is 14.9 Å². The van der Waals surface area contributed by atoms with E-state index in [-0.39, 0.29) is 25.0 Å². The molecule has 0 spiro atoms. The summed E-state index contributed by atoms with van der Waals surface area (Å²) in [5.74, 6) is -1.71. The van der Waals surface area contributed by atoms with E-state index in [0.29, 0.717) is 6.54 Å². The van der Waals surface area contributed by atoms with Gasteiger partial charge in [-0.15, -0.1) is 0 Å². The summed E-state index contributed by atoms with van der Waals surface area (Å²) in [6, 6.07) is 7.53. The van der Waals surface area contributed by atoms with Crippen LogP contribution >= 0.6 is 0 Å². The molecule has 1 atom stereocenters. The third kappa shape index (κ3) is 2.71. The molecule has 24 heavy (non-hydrogen) atoms. The molecule has 1 N–H and O–H groups in total. The van der Waals surface area contributed by atoms with Crippen molar-refractivity contribution in [3.8, 4) is 0 Å². The van der Waals surface area contributed by atoms with Crippen molar-refractivity contribution in [3.63, 3.8) is 0 Å². The van der Waals surface area contributed by atoms with Crippen molar-refractivity contribution < 1.29 is 21.5 Å². The van der Waals surface area contributed by atoms with Gasteiger partial charge in [-0.2, -0.15) is 0 Å². The van der Waals surface area contributed by atoms with Gasteiger partial charge in [0.2, 0.25) is 11.8 Å². The van der Waals surface area contributed by atoms with Crippen LogP contribution in [0.5, 0.6) is 0 Å². The van der Waals surface area contributed by atoms with Crippen LogP contribution < -0.4 is 0 Å². The van der Waals surface area contributed by atoms with E-state index in [2.05, 4.69) is 0 Å². The van der Waals surface area contributed by atoms with Crippen LogP contribution in [0.15, 0.2) is 24.3 Å². The van der Waals surface area contributed by atoms with Gasteiger partial charge in [-0.05, 0) is 43.1 Å². The summed E-state index contributed by atoms with van der Waals surface area (Å²) in [6.45, 7) is 0.739. The van der Waals surface area contributed by atoms with Gasteiger partial charge in [0.15, 0.2) is 0 Å². The molecule has 4 rings (SSSR count). The number of aliphatic hydroxyl groups is 1. The minimum Gasteiger partial charge on any atom is -0.393 e. The van der Waals surface area contributed by atoms with Gasteiger partial charge in [0, 0.05) is 24.5 Å². The number of carbonyl (C=O) groups excluding carboxylic acids is 2. The van der Waals surface area contributed by atoms with Crippen LogP contribution in [0.2, 0.25) is 0 Å². The molecule has 3 aliphatic rings. The summed E-state index contributed by atoms with van der Waals surface area (Å²) in [7, 11) is 0. The number of hydrogen-bond acceptors (Lipinski definition) is 3. The molecule has 1 aromatic rings. The van der Waals surface area contributed by atoms with Crippen molar-refractivity contribution >= 4 is 11.8 Å². The fourth-order valence-electron chi connectivity index (χ4n) is 3.85. The molecule has 1 saturated carbocycles. The minimum absolute atomic E-state index is 0.120. The third-order valence-electron chi connectivity index (χ3n) is 5.14. The van der Waals surface area contributed by atoms with Gasteiger partial charge in [-0.1, -0.05) is 24.3 Å². The first-order chi connectivity index (χ1) is 13.4. The van der Waals surface area contributed by atoms with E-state index in [1.54, 1.807) is 4.90 Å². The molecule has 0 radical (unpaired) electrons. The fourth-order valence-corrected chi connectivity index (χ4v) is 3.85. The predicted octanol–water partition coefficient (Wildman–Crippen LogP) is 1.51. The van der Waals surface area contributed by atoms with Crippen LogP contribution in [0.3, 0.4) is 0 Å². The first-order valence-electron chi connectivity index (χ1n) is 10.8. The quantitative estimate of drug-likeness (QED) is 0.847. The highest BCUT2D eigenvalue weighted by atomic mass is 16.3. The standard InChI is InChI=1S/C19H24N2O3/c22-15-7-5-14(6-8-15)19(24)20-11-17-16-4-2-1-3-13(16)9-10-21(17)18(23)12-20/h1-4,14-15,17,22H,5-12H2/i7D2,8D2,15D. The fraction of sp³-hybridized carbons (Fsp3) is 0.579. The van der Waals surface area contributed by atoms with E-state index in [9.17, 15) is 14.7 Å². The van der Waals surface area contributed by atoms with Crippen LogP contribution in [0, 0.1) is 5.92 Å². The van der Waals surface area contributed by atoms with E-state index in [4.69, 9.17) is 6.85 Å². The second-order valence-electron chi connectivity index (χ2n) is 6.58. The molecule has 5 nitrogen and oxygen atoms in total. The zero-order chi connectivity index (χ0) is 21.2. The third-order valence-corrected chi connectivity index (χ3v) is 5.14. The predicted molar refractivity (Wildman–Crippen MR) is 89.1 cm³/mol. The number of carbonyl (C=O) groups is 2. The van der Waals surface area contributed by atoms with Crippen molar-refractivity contribution in [2.75, 3.05) is 19.6 Å². The van der Waals surface area contributed by atoms with Gasteiger partial charge in [-0.3, -0.25) is 9.59 Å². The number of nitrogens with zero attached hydrogens (tertiary/aromatic N) is 2. The number of rotatable bonds is 1. The topological polar surface area (TPSA) is 60.9 Å². The highest BCUT2D eigenvalue weighted by Crippen LogP contribution is 2.34. The van der Waals surface area contributed by atoms with Crippen LogP contribution in [-0.2, 0) is 16.0 Å². The van der Waals surface area contributed by atoms with Gasteiger partial charge in [-0.25, -0.2) is 0 Å². The van der Waals surface area contributed by atoms with Gasteiger partial charge in [0.1, 0.15) is 0 Å². The summed E-state index contributed by atoms with van der Waals surface area (Å²) >= 11 is 0. The lowest BCUT2D eigenvalue weighted by molar-refractivity contribution is -0.152. The summed E-state index contributed by atoms with van der Waals surface area (Å²) in [4.78, 5) is 29.0. The molecule has 1 unspecified atom stereocenters. The SMILES string of the molecule is [2H]C1([2H])CC(C(=O)N2CC(=O)N3CCc4ccccc4C3C2)CC([2H])([2H])C1([2H])O. The van der Waals surface area contributed by atoms with Gasteiger partial charge in [0.05, 0.1) is 20.0 Å². The Labute approximate surface area is 149 Å². The minimum atomic E-state index is -2.94. The van der Waals surface area contributed by atoms with Crippen LogP contribution in [0.4, 0.5) is 0 Å². The maximum atomic E-state index is 13.2. The Morgan fingerprint density at radius 2 is 2.04 bits per heavy atom. The lowest BCUT2D eigenvalue weighted by atomic mass is 9.85. The maximum Gasteiger partial charge on any atom is 0.242 e. The number of benzene rings is 1. The van der Waals surface area contributed by atoms with Gasteiger partial charge in [0.25, 0.3) is 0 Å². The Balaban J connectivity index is 1.58. The second-order valence-corrected chi connectivity index (χ2v) is 6.58. The average Bonchev–Trinajstić information content (AvgIpc) is 2.65. The molecule has 1 aromatic carbocycles. The first-order valence-corrected chi connectivity index (χ1v) is 8.33. The molecule has 0 bridgehead atoms. The molecular weight excluding hydrogens is 304 g/mol. The molecule has 5 heteroatoms. The molecule has 1 saturated heterocycles. The number of hydrogen-bond donors (Lipinski definition) is 1. The Morgan fingerprint density at radius 1 is 1.29 bits per heavy atom. The monoisotopic (exact) mass is 333 g/mol. The highest BCUT2D eigenvalue weighted by molar-refractivity contribution is 5.87. The summed E-state index contributed by atoms with van der Waals surface area (Å²) < 4.78 is 39.6. The molecule has 128 valence electrons. The van der Waals surface area contributed by atoms with Gasteiger partial charge >= 0.3 is 0 Å². The molecule has 2 fully saturated rings. The molecule has 2 heterocycles. The Kier molecular flexibility index (Phi) is 2.81. The number of fused-ring (bicyclic) bond motifs is 3. The first kappa shape index (κ1) is 10.9. The number of piperazine rings is 1. The molecule has 0 aromatic heterocycles. The van der Waals surface area contributed by atoms with E-state index >= 15 is 0 Å². The average molecular weight is 333 g/mol. The van der Waals surface area contributed by atoms with Crippen molar-refractivity contribution in [2.45, 2.75) is 44.1 Å². The van der Waals surface area contributed by atoms with Crippen molar-refractivity contribution in [2.24, 2.45) is 5.92 Å².